The average Bonchev–Trinajstić information content (AvgIpc) is 3.50. The van der Waals surface area contributed by atoms with Crippen LogP contribution in [0, 0.1) is 5.41 Å². The van der Waals surface area contributed by atoms with Crippen LogP contribution in [-0.4, -0.2) is 98.5 Å². The molecule has 1 saturated heterocycles. The Kier molecular flexibility index (Phi) is 10.6. The SMILES string of the molecule is COCCCC1(C(=O)N2CCN(c3cccc(OC)c3)C(=O)C2)CNC(=O)c2c3ccccc3nn2CCNC(=O)COc2cccc(c2)C1. The number of fused-ring (bicyclic) bond motifs is 5. The van der Waals surface area contributed by atoms with Crippen molar-refractivity contribution in [2.45, 2.75) is 25.8 Å². The van der Waals surface area contributed by atoms with E-state index in [1.807, 2.05) is 60.7 Å². The number of aromatic nitrogens is 2. The summed E-state index contributed by atoms with van der Waals surface area (Å²) in [6, 6.07) is 21.9. The molecule has 1 aromatic heterocycles. The molecular weight excluding hydrogens is 640 g/mol. The van der Waals surface area contributed by atoms with Gasteiger partial charge < -0.3 is 34.6 Å². The number of anilines is 1. The summed E-state index contributed by atoms with van der Waals surface area (Å²) in [6.45, 7) is 1.16. The Hall–Kier alpha value is -5.43. The summed E-state index contributed by atoms with van der Waals surface area (Å²) in [5, 5.41) is 11.2. The number of methoxy groups -OCH3 is 2. The summed E-state index contributed by atoms with van der Waals surface area (Å²) >= 11 is 0. The molecule has 3 heterocycles. The molecule has 6 rings (SSSR count). The number of nitrogens with zero attached hydrogens (tertiary/aromatic N) is 4. The molecule has 0 spiro atoms. The molecule has 0 saturated carbocycles. The minimum Gasteiger partial charge on any atom is -0.497 e. The van der Waals surface area contributed by atoms with E-state index in [-0.39, 0.29) is 56.9 Å². The highest BCUT2D eigenvalue weighted by Crippen LogP contribution is 2.34. The normalized spacial score (nSPS) is 19.0. The number of hydrogen-bond donors (Lipinski definition) is 2. The number of amides is 4. The molecule has 2 bridgehead atoms. The highest BCUT2D eigenvalue weighted by molar-refractivity contribution is 6.05. The van der Waals surface area contributed by atoms with E-state index in [9.17, 15) is 19.2 Å². The van der Waals surface area contributed by atoms with Crippen LogP contribution in [0.25, 0.3) is 10.9 Å². The highest BCUT2D eigenvalue weighted by Gasteiger charge is 2.43. The molecule has 3 aromatic carbocycles. The zero-order chi connectivity index (χ0) is 35.1. The predicted octanol–water partition coefficient (Wildman–Crippen LogP) is 2.81. The van der Waals surface area contributed by atoms with Gasteiger partial charge in [-0.05, 0) is 55.2 Å². The van der Waals surface area contributed by atoms with Crippen LogP contribution in [0.5, 0.6) is 11.5 Å². The van der Waals surface area contributed by atoms with E-state index in [0.29, 0.717) is 66.3 Å². The van der Waals surface area contributed by atoms with Gasteiger partial charge in [-0.1, -0.05) is 36.4 Å². The highest BCUT2D eigenvalue weighted by atomic mass is 16.5. The quantitative estimate of drug-likeness (QED) is 0.284. The van der Waals surface area contributed by atoms with Gasteiger partial charge >= 0.3 is 0 Å². The monoisotopic (exact) mass is 682 g/mol. The Labute approximate surface area is 290 Å². The van der Waals surface area contributed by atoms with Crippen molar-refractivity contribution in [2.75, 3.05) is 65.1 Å². The second-order valence-corrected chi connectivity index (χ2v) is 12.6. The van der Waals surface area contributed by atoms with Gasteiger partial charge in [0, 0.05) is 57.0 Å². The zero-order valence-corrected chi connectivity index (χ0v) is 28.4. The first-order valence-electron chi connectivity index (χ1n) is 16.8. The van der Waals surface area contributed by atoms with E-state index in [1.54, 1.807) is 40.8 Å². The maximum atomic E-state index is 14.9. The molecule has 1 atom stereocenters. The van der Waals surface area contributed by atoms with E-state index in [1.165, 1.54) is 0 Å². The lowest BCUT2D eigenvalue weighted by Crippen LogP contribution is -2.58. The second-order valence-electron chi connectivity index (χ2n) is 12.6. The Morgan fingerprint density at radius 1 is 0.960 bits per heavy atom. The van der Waals surface area contributed by atoms with Crippen molar-refractivity contribution >= 4 is 40.2 Å². The number of benzene rings is 3. The maximum absolute atomic E-state index is 14.9. The minimum absolute atomic E-state index is 0.00000256. The first-order valence-corrected chi connectivity index (χ1v) is 16.8. The predicted molar refractivity (Wildman–Crippen MR) is 186 cm³/mol. The maximum Gasteiger partial charge on any atom is 0.270 e. The summed E-state index contributed by atoms with van der Waals surface area (Å²) in [6.07, 6.45) is 1.15. The van der Waals surface area contributed by atoms with Crippen LogP contribution >= 0.6 is 0 Å². The Balaban J connectivity index is 1.36. The smallest absolute Gasteiger partial charge is 0.270 e. The molecule has 0 aliphatic carbocycles. The minimum atomic E-state index is -1.15. The first-order chi connectivity index (χ1) is 24.3. The van der Waals surface area contributed by atoms with Crippen LogP contribution in [0.4, 0.5) is 5.69 Å². The Morgan fingerprint density at radius 2 is 1.80 bits per heavy atom. The van der Waals surface area contributed by atoms with Crippen LogP contribution in [0.1, 0.15) is 28.9 Å². The molecule has 262 valence electrons. The van der Waals surface area contributed by atoms with Crippen molar-refractivity contribution in [1.29, 1.82) is 0 Å². The summed E-state index contributed by atoms with van der Waals surface area (Å²) in [7, 11) is 3.18. The third-order valence-electron chi connectivity index (χ3n) is 9.24. The molecular formula is C37H42N6O7. The molecule has 4 amide bonds. The molecule has 13 nitrogen and oxygen atoms in total. The number of nitrogens with one attached hydrogen (secondary N) is 2. The first kappa shape index (κ1) is 34.4. The molecule has 0 radical (unpaired) electrons. The molecule has 2 aliphatic rings. The fourth-order valence-corrected chi connectivity index (χ4v) is 6.74. The van der Waals surface area contributed by atoms with E-state index in [0.717, 1.165) is 5.56 Å². The van der Waals surface area contributed by atoms with Gasteiger partial charge in [-0.3, -0.25) is 23.9 Å². The summed E-state index contributed by atoms with van der Waals surface area (Å²) < 4.78 is 18.2. The number of piperazine rings is 1. The molecule has 1 unspecified atom stereocenters. The lowest BCUT2D eigenvalue weighted by molar-refractivity contribution is -0.146. The van der Waals surface area contributed by atoms with Crippen molar-refractivity contribution in [3.8, 4) is 11.5 Å². The van der Waals surface area contributed by atoms with Crippen LogP contribution in [0.15, 0.2) is 72.8 Å². The van der Waals surface area contributed by atoms with Gasteiger partial charge in [-0.25, -0.2) is 0 Å². The van der Waals surface area contributed by atoms with Crippen molar-refractivity contribution in [3.05, 3.63) is 84.1 Å². The van der Waals surface area contributed by atoms with E-state index < -0.39 is 11.3 Å². The van der Waals surface area contributed by atoms with E-state index >= 15 is 0 Å². The van der Waals surface area contributed by atoms with E-state index in [2.05, 4.69) is 15.7 Å². The Bertz CT molecular complexity index is 1880. The van der Waals surface area contributed by atoms with Crippen molar-refractivity contribution in [1.82, 2.24) is 25.3 Å². The van der Waals surface area contributed by atoms with Gasteiger partial charge in [-0.2, -0.15) is 5.10 Å². The molecule has 2 aliphatic heterocycles. The molecule has 50 heavy (non-hydrogen) atoms. The van der Waals surface area contributed by atoms with Gasteiger partial charge in [0.25, 0.3) is 11.8 Å². The van der Waals surface area contributed by atoms with Crippen molar-refractivity contribution < 1.29 is 33.4 Å². The summed E-state index contributed by atoms with van der Waals surface area (Å²) in [5.41, 5.74) is 1.30. The number of ether oxygens (including phenoxy) is 3. The zero-order valence-electron chi connectivity index (χ0n) is 28.4. The van der Waals surface area contributed by atoms with Crippen molar-refractivity contribution in [3.63, 3.8) is 0 Å². The molecule has 1 fully saturated rings. The van der Waals surface area contributed by atoms with E-state index in [4.69, 9.17) is 14.2 Å². The lowest BCUT2D eigenvalue weighted by Gasteiger charge is -2.41. The number of carbonyl (C=O) groups is 4. The molecule has 13 heteroatoms. The fraction of sp³-hybridized carbons (Fsp3) is 0.378. The molecule has 2 N–H and O–H groups in total. The van der Waals surface area contributed by atoms with Gasteiger partial charge in [0.15, 0.2) is 6.61 Å². The largest absolute Gasteiger partial charge is 0.497 e. The molecule has 4 aromatic rings. The van der Waals surface area contributed by atoms with Crippen LogP contribution in [-0.2, 0) is 32.1 Å². The third-order valence-corrected chi connectivity index (χ3v) is 9.24. The van der Waals surface area contributed by atoms with Gasteiger partial charge in [0.1, 0.15) is 23.7 Å². The number of hydrogen-bond acceptors (Lipinski definition) is 8. The topological polar surface area (TPSA) is 144 Å². The van der Waals surface area contributed by atoms with Gasteiger partial charge in [0.05, 0.1) is 24.6 Å². The summed E-state index contributed by atoms with van der Waals surface area (Å²) in [5.74, 6) is -0.0450. The van der Waals surface area contributed by atoms with Gasteiger partial charge in [-0.15, -0.1) is 0 Å². The average molecular weight is 683 g/mol. The number of rotatable bonds is 7. The van der Waals surface area contributed by atoms with Crippen LogP contribution in [0.3, 0.4) is 0 Å². The fourth-order valence-electron chi connectivity index (χ4n) is 6.74. The number of carbonyl (C=O) groups excluding carboxylic acids is 4. The van der Waals surface area contributed by atoms with Crippen LogP contribution in [0.2, 0.25) is 0 Å². The second kappa shape index (κ2) is 15.4. The van der Waals surface area contributed by atoms with Crippen LogP contribution < -0.4 is 25.0 Å². The van der Waals surface area contributed by atoms with Crippen molar-refractivity contribution in [2.24, 2.45) is 5.41 Å². The standard InChI is InChI=1S/C37H42N6O7/c1-48-19-7-14-37(36(47)41-17-18-42(33(45)23-41)27-9-6-10-28(21-27)49-2)22-26-8-5-11-29(20-26)50-24-32(44)38-15-16-43-34(35(46)39-25-37)30-12-3-4-13-31(30)40-43/h3-6,8-13,20-21H,7,14-19,22-25H2,1-2H3,(H,38,44)(H,39,46). The third kappa shape index (κ3) is 7.57. The lowest BCUT2D eigenvalue weighted by atomic mass is 9.75. The van der Waals surface area contributed by atoms with Gasteiger partial charge in [0.2, 0.25) is 11.8 Å². The summed E-state index contributed by atoms with van der Waals surface area (Å²) in [4.78, 5) is 58.5. The Morgan fingerprint density at radius 3 is 2.62 bits per heavy atom.